The predicted molar refractivity (Wildman–Crippen MR) is 88.7 cm³/mol. The number of hydrogen-bond acceptors (Lipinski definition) is 6. The Balaban J connectivity index is 2.07. The molecular formula is C17H20N4O3. The van der Waals surface area contributed by atoms with Gasteiger partial charge in [0.15, 0.2) is 0 Å². The number of carbonyl (C=O) groups is 1. The van der Waals surface area contributed by atoms with E-state index in [-0.39, 0.29) is 5.97 Å². The minimum atomic E-state index is -0.601. The molecule has 3 rings (SSSR count). The maximum absolute atomic E-state index is 12.5. The molecule has 2 heterocycles. The van der Waals surface area contributed by atoms with Gasteiger partial charge in [0.25, 0.3) is 0 Å². The third-order valence-electron chi connectivity index (χ3n) is 3.85. The molecule has 1 aliphatic heterocycles. The number of anilines is 1. The van der Waals surface area contributed by atoms with E-state index in [0.29, 0.717) is 24.9 Å². The molecule has 0 bridgehead atoms. The largest absolute Gasteiger partial charge is 0.494 e. The maximum Gasteiger partial charge on any atom is 0.317 e. The van der Waals surface area contributed by atoms with Crippen molar-refractivity contribution in [1.29, 1.82) is 0 Å². The number of ether oxygens (including phenoxy) is 2. The monoisotopic (exact) mass is 328 g/mol. The number of aromatic nitrogens is 3. The Morgan fingerprint density at radius 3 is 2.96 bits per heavy atom. The van der Waals surface area contributed by atoms with Crippen LogP contribution in [0.15, 0.2) is 42.9 Å². The fourth-order valence-corrected chi connectivity index (χ4v) is 2.89. The summed E-state index contributed by atoms with van der Waals surface area (Å²) in [6.45, 7) is 8.57. The summed E-state index contributed by atoms with van der Waals surface area (Å²) in [7, 11) is 0. The Kier molecular flexibility index (Phi) is 4.50. The Morgan fingerprint density at radius 1 is 1.38 bits per heavy atom. The van der Waals surface area contributed by atoms with Crippen molar-refractivity contribution < 1.29 is 14.3 Å². The van der Waals surface area contributed by atoms with E-state index in [1.54, 1.807) is 11.6 Å². The lowest BCUT2D eigenvalue weighted by molar-refractivity contribution is -0.147. The van der Waals surface area contributed by atoms with E-state index in [2.05, 4.69) is 22.0 Å². The number of rotatable bonds is 5. The SMILES string of the molecule is C=C1Nc2ncnn2C(c2cccc(OCC)c2)C1C(=O)OCC. The lowest BCUT2D eigenvalue weighted by Gasteiger charge is -2.33. The van der Waals surface area contributed by atoms with Crippen LogP contribution in [0.5, 0.6) is 5.75 Å². The summed E-state index contributed by atoms with van der Waals surface area (Å²) in [6.07, 6.45) is 1.45. The van der Waals surface area contributed by atoms with Crippen LogP contribution in [0.25, 0.3) is 0 Å². The van der Waals surface area contributed by atoms with Gasteiger partial charge < -0.3 is 14.8 Å². The van der Waals surface area contributed by atoms with Gasteiger partial charge in [-0.1, -0.05) is 18.7 Å². The normalized spacial score (nSPS) is 19.3. The van der Waals surface area contributed by atoms with Crippen LogP contribution in [0, 0.1) is 5.92 Å². The number of nitrogens with one attached hydrogen (secondary N) is 1. The van der Waals surface area contributed by atoms with Crippen LogP contribution in [-0.2, 0) is 9.53 Å². The number of nitrogens with zero attached hydrogens (tertiary/aromatic N) is 3. The molecule has 24 heavy (non-hydrogen) atoms. The summed E-state index contributed by atoms with van der Waals surface area (Å²) in [5.41, 5.74) is 1.43. The van der Waals surface area contributed by atoms with Gasteiger partial charge in [0.05, 0.1) is 19.3 Å². The highest BCUT2D eigenvalue weighted by Crippen LogP contribution is 2.38. The molecule has 0 saturated carbocycles. The zero-order valence-electron chi connectivity index (χ0n) is 13.7. The first-order chi connectivity index (χ1) is 11.7. The van der Waals surface area contributed by atoms with E-state index in [1.165, 1.54) is 6.33 Å². The van der Waals surface area contributed by atoms with E-state index >= 15 is 0 Å². The first-order valence-corrected chi connectivity index (χ1v) is 7.90. The molecule has 1 aromatic carbocycles. The van der Waals surface area contributed by atoms with Gasteiger partial charge in [-0.15, -0.1) is 0 Å². The number of fused-ring (bicyclic) bond motifs is 1. The van der Waals surface area contributed by atoms with Crippen molar-refractivity contribution in [2.75, 3.05) is 18.5 Å². The van der Waals surface area contributed by atoms with E-state index in [1.807, 2.05) is 31.2 Å². The number of esters is 1. The van der Waals surface area contributed by atoms with Crippen LogP contribution in [-0.4, -0.2) is 33.9 Å². The van der Waals surface area contributed by atoms with Crippen LogP contribution in [0.1, 0.15) is 25.5 Å². The van der Waals surface area contributed by atoms with Gasteiger partial charge in [0.1, 0.15) is 18.0 Å². The highest BCUT2D eigenvalue weighted by Gasteiger charge is 2.40. The molecule has 2 atom stereocenters. The van der Waals surface area contributed by atoms with Crippen LogP contribution in [0.2, 0.25) is 0 Å². The fraction of sp³-hybridized carbons (Fsp3) is 0.353. The van der Waals surface area contributed by atoms with Crippen molar-refractivity contribution in [1.82, 2.24) is 14.8 Å². The molecule has 1 aromatic heterocycles. The number of benzene rings is 1. The molecule has 2 aromatic rings. The standard InChI is InChI=1S/C17H20N4O3/c1-4-23-13-8-6-7-12(9-13)15-14(16(22)24-5-2)11(3)20-17-18-10-19-21(15)17/h6-10,14-15H,3-5H2,1-2H3,(H,18,19,20). The third kappa shape index (κ3) is 2.84. The van der Waals surface area contributed by atoms with Crippen LogP contribution >= 0.6 is 0 Å². The molecule has 126 valence electrons. The minimum Gasteiger partial charge on any atom is -0.494 e. The lowest BCUT2D eigenvalue weighted by atomic mass is 9.89. The maximum atomic E-state index is 12.5. The van der Waals surface area contributed by atoms with Gasteiger partial charge in [-0.3, -0.25) is 4.79 Å². The molecule has 7 nitrogen and oxygen atoms in total. The molecular weight excluding hydrogens is 308 g/mol. The molecule has 2 unspecified atom stereocenters. The summed E-state index contributed by atoms with van der Waals surface area (Å²) < 4.78 is 12.5. The molecule has 0 amide bonds. The van der Waals surface area contributed by atoms with Crippen molar-refractivity contribution in [3.05, 3.63) is 48.4 Å². The summed E-state index contributed by atoms with van der Waals surface area (Å²) in [5.74, 6) is 0.342. The van der Waals surface area contributed by atoms with Gasteiger partial charge >= 0.3 is 5.97 Å². The second-order valence-corrected chi connectivity index (χ2v) is 5.36. The van der Waals surface area contributed by atoms with Gasteiger partial charge in [0, 0.05) is 5.70 Å². The average Bonchev–Trinajstić information content (AvgIpc) is 3.02. The minimum absolute atomic E-state index is 0.304. The van der Waals surface area contributed by atoms with Crippen molar-refractivity contribution in [2.24, 2.45) is 5.92 Å². The molecule has 1 N–H and O–H groups in total. The Hall–Kier alpha value is -2.83. The zero-order valence-corrected chi connectivity index (χ0v) is 13.7. The zero-order chi connectivity index (χ0) is 17.1. The predicted octanol–water partition coefficient (Wildman–Crippen LogP) is 2.38. The topological polar surface area (TPSA) is 78.3 Å². The van der Waals surface area contributed by atoms with E-state index < -0.39 is 12.0 Å². The fourth-order valence-electron chi connectivity index (χ4n) is 2.89. The van der Waals surface area contributed by atoms with Gasteiger partial charge in [-0.25, -0.2) is 4.68 Å². The first kappa shape index (κ1) is 16.0. The van der Waals surface area contributed by atoms with Gasteiger partial charge in [-0.05, 0) is 31.5 Å². The second-order valence-electron chi connectivity index (χ2n) is 5.36. The van der Waals surface area contributed by atoms with Gasteiger partial charge in [-0.2, -0.15) is 10.1 Å². The van der Waals surface area contributed by atoms with Crippen molar-refractivity contribution >= 4 is 11.9 Å². The Bertz CT molecular complexity index is 756. The number of hydrogen-bond donors (Lipinski definition) is 1. The van der Waals surface area contributed by atoms with Gasteiger partial charge in [0.2, 0.25) is 5.95 Å². The summed E-state index contributed by atoms with van der Waals surface area (Å²) in [6, 6.07) is 7.22. The Morgan fingerprint density at radius 2 is 2.21 bits per heavy atom. The van der Waals surface area contributed by atoms with E-state index in [9.17, 15) is 4.79 Å². The number of carbonyl (C=O) groups excluding carboxylic acids is 1. The molecule has 0 spiro atoms. The van der Waals surface area contributed by atoms with E-state index in [4.69, 9.17) is 9.47 Å². The average molecular weight is 328 g/mol. The highest BCUT2D eigenvalue weighted by atomic mass is 16.5. The first-order valence-electron chi connectivity index (χ1n) is 7.90. The molecule has 7 heteroatoms. The third-order valence-corrected chi connectivity index (χ3v) is 3.85. The molecule has 0 saturated heterocycles. The summed E-state index contributed by atoms with van der Waals surface area (Å²) in [5, 5.41) is 7.30. The van der Waals surface area contributed by atoms with Crippen LogP contribution in [0.4, 0.5) is 5.95 Å². The summed E-state index contributed by atoms with van der Waals surface area (Å²) in [4.78, 5) is 16.7. The molecule has 0 fully saturated rings. The highest BCUT2D eigenvalue weighted by molar-refractivity contribution is 5.79. The molecule has 0 radical (unpaired) electrons. The van der Waals surface area contributed by atoms with Crippen LogP contribution < -0.4 is 10.1 Å². The Labute approximate surface area is 140 Å². The van der Waals surface area contributed by atoms with Crippen molar-refractivity contribution in [3.8, 4) is 5.75 Å². The molecule has 0 aliphatic carbocycles. The second kappa shape index (κ2) is 6.74. The van der Waals surface area contributed by atoms with Crippen LogP contribution in [0.3, 0.4) is 0 Å². The van der Waals surface area contributed by atoms with Crippen molar-refractivity contribution in [2.45, 2.75) is 19.9 Å². The summed E-state index contributed by atoms with van der Waals surface area (Å²) >= 11 is 0. The molecule has 1 aliphatic rings. The quantitative estimate of drug-likeness (QED) is 0.849. The van der Waals surface area contributed by atoms with Crippen molar-refractivity contribution in [3.63, 3.8) is 0 Å². The lowest BCUT2D eigenvalue weighted by Crippen LogP contribution is -2.37. The van der Waals surface area contributed by atoms with E-state index in [0.717, 1.165) is 11.3 Å². The smallest absolute Gasteiger partial charge is 0.317 e.